The zero-order valence-electron chi connectivity index (χ0n) is 8.22. The molecule has 1 saturated carbocycles. The van der Waals surface area contributed by atoms with Gasteiger partial charge < -0.3 is 5.11 Å². The van der Waals surface area contributed by atoms with Crippen molar-refractivity contribution in [2.75, 3.05) is 0 Å². The summed E-state index contributed by atoms with van der Waals surface area (Å²) in [6.45, 7) is 0. The minimum Gasteiger partial charge on any atom is -0.476 e. The summed E-state index contributed by atoms with van der Waals surface area (Å²) in [5.41, 5.74) is 1.44. The number of nitrogens with zero attached hydrogens (tertiary/aromatic N) is 3. The van der Waals surface area contributed by atoms with Crippen LogP contribution >= 0.6 is 11.6 Å². The quantitative estimate of drug-likeness (QED) is 0.867. The molecule has 0 spiro atoms. The Morgan fingerprint density at radius 1 is 1.56 bits per heavy atom. The average molecular weight is 238 g/mol. The van der Waals surface area contributed by atoms with Crippen molar-refractivity contribution in [2.45, 2.75) is 18.8 Å². The van der Waals surface area contributed by atoms with Crippen molar-refractivity contribution >= 4 is 23.2 Å². The van der Waals surface area contributed by atoms with Crippen LogP contribution < -0.4 is 0 Å². The average Bonchev–Trinajstić information content (AvgIpc) is 2.99. The van der Waals surface area contributed by atoms with Crippen molar-refractivity contribution in [3.8, 4) is 0 Å². The van der Waals surface area contributed by atoms with Crippen LogP contribution in [0.4, 0.5) is 0 Å². The highest BCUT2D eigenvalue weighted by atomic mass is 35.5. The van der Waals surface area contributed by atoms with E-state index in [0.717, 1.165) is 18.4 Å². The van der Waals surface area contributed by atoms with Gasteiger partial charge in [-0.05, 0) is 18.8 Å². The van der Waals surface area contributed by atoms with E-state index in [1.807, 2.05) is 0 Å². The summed E-state index contributed by atoms with van der Waals surface area (Å²) >= 11 is 5.78. The van der Waals surface area contributed by atoms with E-state index in [0.29, 0.717) is 10.7 Å². The van der Waals surface area contributed by atoms with Gasteiger partial charge in [0.05, 0.1) is 11.2 Å². The number of hydrogen-bond acceptors (Lipinski definition) is 3. The SMILES string of the molecule is O=C(O)c1nn2cc(Cl)cnc2c1C1CC1. The Kier molecular flexibility index (Phi) is 1.91. The van der Waals surface area contributed by atoms with Gasteiger partial charge in [-0.3, -0.25) is 0 Å². The number of hydrogen-bond donors (Lipinski definition) is 1. The lowest BCUT2D eigenvalue weighted by Gasteiger charge is -1.95. The maximum atomic E-state index is 11.1. The van der Waals surface area contributed by atoms with Gasteiger partial charge in [0.1, 0.15) is 0 Å². The highest BCUT2D eigenvalue weighted by molar-refractivity contribution is 6.30. The van der Waals surface area contributed by atoms with Crippen LogP contribution in [0.25, 0.3) is 5.65 Å². The highest BCUT2D eigenvalue weighted by Crippen LogP contribution is 2.43. The van der Waals surface area contributed by atoms with Crippen molar-refractivity contribution in [1.29, 1.82) is 0 Å². The predicted octanol–water partition coefficient (Wildman–Crippen LogP) is 1.96. The minimum absolute atomic E-state index is 0.0947. The Bertz CT molecular complexity index is 589. The smallest absolute Gasteiger partial charge is 0.356 e. The lowest BCUT2D eigenvalue weighted by atomic mass is 10.1. The molecular formula is C10H8ClN3O2. The second kappa shape index (κ2) is 3.18. The Labute approximate surface area is 95.7 Å². The molecule has 0 saturated heterocycles. The third-order valence-electron chi connectivity index (χ3n) is 2.66. The van der Waals surface area contributed by atoms with E-state index in [2.05, 4.69) is 10.1 Å². The summed E-state index contributed by atoms with van der Waals surface area (Å²) in [6, 6.07) is 0. The topological polar surface area (TPSA) is 67.5 Å². The summed E-state index contributed by atoms with van der Waals surface area (Å²) in [4.78, 5) is 15.2. The van der Waals surface area contributed by atoms with Crippen molar-refractivity contribution in [3.63, 3.8) is 0 Å². The zero-order valence-corrected chi connectivity index (χ0v) is 8.98. The molecule has 0 radical (unpaired) electrons. The van der Waals surface area contributed by atoms with Crippen LogP contribution in [-0.4, -0.2) is 25.7 Å². The molecule has 1 N–H and O–H groups in total. The summed E-state index contributed by atoms with van der Waals surface area (Å²) < 4.78 is 1.44. The van der Waals surface area contributed by atoms with Gasteiger partial charge in [0, 0.05) is 11.8 Å². The van der Waals surface area contributed by atoms with Gasteiger partial charge in [0.15, 0.2) is 11.3 Å². The number of aromatic carboxylic acids is 1. The number of fused-ring (bicyclic) bond motifs is 1. The second-order valence-corrected chi connectivity index (χ2v) is 4.32. The molecular weight excluding hydrogens is 230 g/mol. The number of aromatic nitrogens is 3. The second-order valence-electron chi connectivity index (χ2n) is 3.88. The van der Waals surface area contributed by atoms with Gasteiger partial charge in [0.25, 0.3) is 0 Å². The van der Waals surface area contributed by atoms with Crippen LogP contribution in [0.1, 0.15) is 34.8 Å². The highest BCUT2D eigenvalue weighted by Gasteiger charge is 2.33. The number of carboxylic acids is 1. The largest absolute Gasteiger partial charge is 0.476 e. The molecule has 82 valence electrons. The van der Waals surface area contributed by atoms with Crippen molar-refractivity contribution < 1.29 is 9.90 Å². The van der Waals surface area contributed by atoms with E-state index >= 15 is 0 Å². The maximum absolute atomic E-state index is 11.1. The molecule has 0 unspecified atom stereocenters. The van der Waals surface area contributed by atoms with Gasteiger partial charge in [-0.25, -0.2) is 14.3 Å². The standard InChI is InChI=1S/C10H8ClN3O2/c11-6-3-12-9-7(5-1-2-5)8(10(15)16)13-14(9)4-6/h3-5H,1-2H2,(H,15,16). The van der Waals surface area contributed by atoms with Crippen LogP contribution in [0, 0.1) is 0 Å². The molecule has 0 atom stereocenters. The molecule has 0 bridgehead atoms. The normalized spacial score (nSPS) is 15.6. The van der Waals surface area contributed by atoms with Crippen LogP contribution in [0.5, 0.6) is 0 Å². The Balaban J connectivity index is 2.32. The van der Waals surface area contributed by atoms with Gasteiger partial charge in [-0.15, -0.1) is 0 Å². The Morgan fingerprint density at radius 2 is 2.31 bits per heavy atom. The first-order valence-electron chi connectivity index (χ1n) is 4.94. The summed E-state index contributed by atoms with van der Waals surface area (Å²) in [5.74, 6) is -0.721. The van der Waals surface area contributed by atoms with E-state index in [-0.39, 0.29) is 11.6 Å². The van der Waals surface area contributed by atoms with Gasteiger partial charge in [0.2, 0.25) is 0 Å². The molecule has 1 aliphatic rings. The molecule has 0 aliphatic heterocycles. The van der Waals surface area contributed by atoms with Crippen LogP contribution in [0.15, 0.2) is 12.4 Å². The fourth-order valence-corrected chi connectivity index (χ4v) is 1.98. The third-order valence-corrected chi connectivity index (χ3v) is 2.86. The fourth-order valence-electron chi connectivity index (χ4n) is 1.84. The first-order chi connectivity index (χ1) is 7.66. The lowest BCUT2D eigenvalue weighted by molar-refractivity contribution is 0.0689. The molecule has 1 aliphatic carbocycles. The number of carbonyl (C=O) groups is 1. The molecule has 2 aromatic heterocycles. The number of halogens is 1. The van der Waals surface area contributed by atoms with Crippen LogP contribution in [0.2, 0.25) is 5.02 Å². The molecule has 2 heterocycles. The van der Waals surface area contributed by atoms with Crippen molar-refractivity contribution in [2.24, 2.45) is 0 Å². The van der Waals surface area contributed by atoms with Crippen LogP contribution in [-0.2, 0) is 0 Å². The van der Waals surface area contributed by atoms with E-state index in [1.54, 1.807) is 6.20 Å². The first-order valence-corrected chi connectivity index (χ1v) is 5.31. The molecule has 3 rings (SSSR count). The Hall–Kier alpha value is -1.62. The monoisotopic (exact) mass is 237 g/mol. The van der Waals surface area contributed by atoms with E-state index in [4.69, 9.17) is 16.7 Å². The van der Waals surface area contributed by atoms with Crippen LogP contribution in [0.3, 0.4) is 0 Å². The maximum Gasteiger partial charge on any atom is 0.356 e. The fraction of sp³-hybridized carbons (Fsp3) is 0.300. The van der Waals surface area contributed by atoms with Crippen molar-refractivity contribution in [3.05, 3.63) is 28.7 Å². The van der Waals surface area contributed by atoms with E-state index in [1.165, 1.54) is 10.7 Å². The van der Waals surface area contributed by atoms with E-state index in [9.17, 15) is 4.79 Å². The van der Waals surface area contributed by atoms with Crippen molar-refractivity contribution in [1.82, 2.24) is 14.6 Å². The molecule has 6 heteroatoms. The summed E-state index contributed by atoms with van der Waals surface area (Å²) in [7, 11) is 0. The minimum atomic E-state index is -1.01. The molecule has 16 heavy (non-hydrogen) atoms. The van der Waals surface area contributed by atoms with Gasteiger partial charge >= 0.3 is 5.97 Å². The molecule has 2 aromatic rings. The number of rotatable bonds is 2. The van der Waals surface area contributed by atoms with E-state index < -0.39 is 5.97 Å². The number of carboxylic acid groups (broad SMARTS) is 1. The summed E-state index contributed by atoms with van der Waals surface area (Å²) in [6.07, 6.45) is 5.09. The molecule has 1 fully saturated rings. The molecule has 0 amide bonds. The molecule has 5 nitrogen and oxygen atoms in total. The predicted molar refractivity (Wildman–Crippen MR) is 56.9 cm³/mol. The molecule has 0 aromatic carbocycles. The summed E-state index contributed by atoms with van der Waals surface area (Å²) in [5, 5.41) is 13.5. The zero-order chi connectivity index (χ0) is 11.3. The Morgan fingerprint density at radius 3 is 2.94 bits per heavy atom. The van der Waals surface area contributed by atoms with Gasteiger partial charge in [-0.1, -0.05) is 11.6 Å². The van der Waals surface area contributed by atoms with Gasteiger partial charge in [-0.2, -0.15) is 5.10 Å². The first kappa shape index (κ1) is 9.59. The third kappa shape index (κ3) is 1.36. The lowest BCUT2D eigenvalue weighted by Crippen LogP contribution is -2.00.